The molecule has 0 aliphatic heterocycles. The van der Waals surface area contributed by atoms with Gasteiger partial charge in [0, 0.05) is 32.6 Å². The summed E-state index contributed by atoms with van der Waals surface area (Å²) in [7, 11) is 1.45. The Bertz CT molecular complexity index is 809. The molecule has 110 valence electrons. The number of anilines is 1. The Morgan fingerprint density at radius 3 is 2.57 bits per heavy atom. The van der Waals surface area contributed by atoms with Crippen molar-refractivity contribution in [3.63, 3.8) is 0 Å². The maximum absolute atomic E-state index is 12.1. The lowest BCUT2D eigenvalue weighted by molar-refractivity contribution is 0.102. The second kappa shape index (κ2) is 6.13. The van der Waals surface area contributed by atoms with Gasteiger partial charge in [-0.25, -0.2) is 8.42 Å². The van der Waals surface area contributed by atoms with E-state index in [2.05, 4.69) is 26.2 Å². The van der Waals surface area contributed by atoms with Crippen LogP contribution in [0.25, 0.3) is 0 Å². The first-order chi connectivity index (χ1) is 9.77. The highest BCUT2D eigenvalue weighted by molar-refractivity contribution is 9.10. The number of carbonyl (C=O) groups is 1. The minimum atomic E-state index is -3.81. The first kappa shape index (κ1) is 15.9. The smallest absolute Gasteiger partial charge is 0.261 e. The lowest BCUT2D eigenvalue weighted by Crippen LogP contribution is -2.12. The van der Waals surface area contributed by atoms with E-state index in [0.717, 1.165) is 5.69 Å². The summed E-state index contributed by atoms with van der Waals surface area (Å²) in [6.45, 7) is 1.78. The van der Waals surface area contributed by atoms with E-state index in [9.17, 15) is 13.2 Å². The third kappa shape index (κ3) is 4.03. The van der Waals surface area contributed by atoms with E-state index in [1.807, 2.05) is 0 Å². The van der Waals surface area contributed by atoms with Gasteiger partial charge >= 0.3 is 0 Å². The van der Waals surface area contributed by atoms with Crippen molar-refractivity contribution in [1.29, 1.82) is 0 Å². The SMILES string of the molecule is Cc1cc(C(=O)Nc2ccc(S(=O)(=O)Cl)cc2Br)ccn1. The van der Waals surface area contributed by atoms with Gasteiger partial charge in [-0.1, -0.05) is 0 Å². The Labute approximate surface area is 134 Å². The molecular weight excluding hydrogens is 380 g/mol. The maximum atomic E-state index is 12.1. The molecule has 21 heavy (non-hydrogen) atoms. The maximum Gasteiger partial charge on any atom is 0.261 e. The Kier molecular flexibility index (Phi) is 4.65. The number of amides is 1. The van der Waals surface area contributed by atoms with Gasteiger partial charge in [-0.2, -0.15) is 0 Å². The van der Waals surface area contributed by atoms with Gasteiger partial charge in [0.2, 0.25) is 0 Å². The minimum Gasteiger partial charge on any atom is -0.321 e. The molecule has 8 heteroatoms. The molecule has 0 fully saturated rings. The van der Waals surface area contributed by atoms with Crippen LogP contribution < -0.4 is 5.32 Å². The Hall–Kier alpha value is -1.44. The molecule has 1 heterocycles. The normalized spacial score (nSPS) is 11.2. The van der Waals surface area contributed by atoms with Crippen LogP contribution in [0.2, 0.25) is 0 Å². The van der Waals surface area contributed by atoms with Crippen LogP contribution >= 0.6 is 26.6 Å². The van der Waals surface area contributed by atoms with Gasteiger partial charge in [-0.15, -0.1) is 0 Å². The number of rotatable bonds is 3. The number of nitrogens with one attached hydrogen (secondary N) is 1. The summed E-state index contributed by atoms with van der Waals surface area (Å²) < 4.78 is 22.9. The number of aromatic nitrogens is 1. The van der Waals surface area contributed by atoms with Crippen LogP contribution in [0.1, 0.15) is 16.1 Å². The molecule has 1 amide bonds. The molecule has 1 aromatic heterocycles. The van der Waals surface area contributed by atoms with Gasteiger partial charge in [0.05, 0.1) is 10.6 Å². The van der Waals surface area contributed by atoms with E-state index >= 15 is 0 Å². The quantitative estimate of drug-likeness (QED) is 0.817. The van der Waals surface area contributed by atoms with Crippen molar-refractivity contribution in [2.45, 2.75) is 11.8 Å². The molecule has 0 spiro atoms. The summed E-state index contributed by atoms with van der Waals surface area (Å²) >= 11 is 3.20. The van der Waals surface area contributed by atoms with Gasteiger partial charge in [-0.3, -0.25) is 9.78 Å². The Morgan fingerprint density at radius 2 is 2.00 bits per heavy atom. The van der Waals surface area contributed by atoms with Crippen molar-refractivity contribution in [3.8, 4) is 0 Å². The summed E-state index contributed by atoms with van der Waals surface area (Å²) in [6.07, 6.45) is 1.54. The fraction of sp³-hybridized carbons (Fsp3) is 0.0769. The van der Waals surface area contributed by atoms with E-state index in [-0.39, 0.29) is 10.8 Å². The summed E-state index contributed by atoms with van der Waals surface area (Å²) in [5.41, 5.74) is 1.63. The highest BCUT2D eigenvalue weighted by Crippen LogP contribution is 2.27. The van der Waals surface area contributed by atoms with Crippen molar-refractivity contribution in [2.75, 3.05) is 5.32 Å². The van der Waals surface area contributed by atoms with E-state index in [1.54, 1.807) is 25.3 Å². The fourth-order valence-corrected chi connectivity index (χ4v) is 3.04. The Morgan fingerprint density at radius 1 is 1.29 bits per heavy atom. The number of benzene rings is 1. The Balaban J connectivity index is 2.26. The number of pyridine rings is 1. The van der Waals surface area contributed by atoms with Gasteiger partial charge in [0.25, 0.3) is 15.0 Å². The van der Waals surface area contributed by atoms with E-state index in [4.69, 9.17) is 10.7 Å². The largest absolute Gasteiger partial charge is 0.321 e. The van der Waals surface area contributed by atoms with Gasteiger partial charge < -0.3 is 5.32 Å². The summed E-state index contributed by atoms with van der Waals surface area (Å²) in [5, 5.41) is 2.68. The number of halogens is 2. The first-order valence-corrected chi connectivity index (χ1v) is 8.86. The summed E-state index contributed by atoms with van der Waals surface area (Å²) in [6, 6.07) is 7.36. The van der Waals surface area contributed by atoms with Crippen molar-refractivity contribution in [3.05, 3.63) is 52.3 Å². The zero-order valence-corrected chi connectivity index (χ0v) is 14.0. The summed E-state index contributed by atoms with van der Waals surface area (Å²) in [5.74, 6) is -0.317. The van der Waals surface area contributed by atoms with Crippen LogP contribution in [0.4, 0.5) is 5.69 Å². The van der Waals surface area contributed by atoms with E-state index < -0.39 is 9.05 Å². The number of carbonyl (C=O) groups excluding carboxylic acids is 1. The third-order valence-corrected chi connectivity index (χ3v) is 4.64. The molecule has 0 aliphatic rings. The van der Waals surface area contributed by atoms with Crippen molar-refractivity contribution >= 4 is 47.3 Å². The molecule has 0 saturated heterocycles. The average Bonchev–Trinajstić information content (AvgIpc) is 2.39. The fourth-order valence-electron chi connectivity index (χ4n) is 1.63. The van der Waals surface area contributed by atoms with Gasteiger partial charge in [0.15, 0.2) is 0 Å². The first-order valence-electron chi connectivity index (χ1n) is 5.75. The second-order valence-corrected chi connectivity index (χ2v) is 7.64. The number of aryl methyl sites for hydroxylation is 1. The molecule has 2 rings (SSSR count). The zero-order chi connectivity index (χ0) is 15.6. The second-order valence-electron chi connectivity index (χ2n) is 4.22. The molecule has 5 nitrogen and oxygen atoms in total. The molecular formula is C13H10BrClN2O3S. The molecule has 0 atom stereocenters. The molecule has 1 N–H and O–H groups in total. The lowest BCUT2D eigenvalue weighted by atomic mass is 10.2. The predicted molar refractivity (Wildman–Crippen MR) is 84.1 cm³/mol. The molecule has 2 aromatic rings. The monoisotopic (exact) mass is 388 g/mol. The molecule has 0 radical (unpaired) electrons. The average molecular weight is 390 g/mol. The van der Waals surface area contributed by atoms with Gasteiger partial charge in [-0.05, 0) is 53.2 Å². The zero-order valence-electron chi connectivity index (χ0n) is 10.8. The number of hydrogen-bond acceptors (Lipinski definition) is 4. The minimum absolute atomic E-state index is 0.0474. The molecule has 1 aromatic carbocycles. The van der Waals surface area contributed by atoms with Crippen molar-refractivity contribution < 1.29 is 13.2 Å². The lowest BCUT2D eigenvalue weighted by Gasteiger charge is -2.08. The highest BCUT2D eigenvalue weighted by atomic mass is 79.9. The number of nitrogens with zero attached hydrogens (tertiary/aromatic N) is 1. The molecule has 0 saturated carbocycles. The molecule has 0 bridgehead atoms. The van der Waals surface area contributed by atoms with Crippen LogP contribution in [-0.2, 0) is 9.05 Å². The molecule has 0 unspecified atom stereocenters. The van der Waals surface area contributed by atoms with Gasteiger partial charge in [0.1, 0.15) is 0 Å². The highest BCUT2D eigenvalue weighted by Gasteiger charge is 2.14. The predicted octanol–water partition coefficient (Wildman–Crippen LogP) is 3.33. The van der Waals surface area contributed by atoms with Crippen molar-refractivity contribution in [2.24, 2.45) is 0 Å². The van der Waals surface area contributed by atoms with Crippen LogP contribution in [0.3, 0.4) is 0 Å². The standard InChI is InChI=1S/C13H10BrClN2O3S/c1-8-6-9(4-5-16-8)13(18)17-12-3-2-10(7-11(12)14)21(15,19)20/h2-7H,1H3,(H,17,18). The van der Waals surface area contributed by atoms with Crippen LogP contribution in [0.15, 0.2) is 45.9 Å². The molecule has 0 aliphatic carbocycles. The number of hydrogen-bond donors (Lipinski definition) is 1. The van der Waals surface area contributed by atoms with E-state index in [0.29, 0.717) is 15.7 Å². The van der Waals surface area contributed by atoms with Crippen LogP contribution in [0.5, 0.6) is 0 Å². The van der Waals surface area contributed by atoms with Crippen LogP contribution in [-0.4, -0.2) is 19.3 Å². The van der Waals surface area contributed by atoms with Crippen LogP contribution in [0, 0.1) is 6.92 Å². The topological polar surface area (TPSA) is 76.1 Å². The van der Waals surface area contributed by atoms with E-state index in [1.165, 1.54) is 18.2 Å². The van der Waals surface area contributed by atoms with Crippen molar-refractivity contribution in [1.82, 2.24) is 4.98 Å². The third-order valence-electron chi connectivity index (χ3n) is 2.63. The summed E-state index contributed by atoms with van der Waals surface area (Å²) in [4.78, 5) is 16.1.